The number of carboxylic acid groups (broad SMARTS) is 2. The molecule has 1 saturated heterocycles. The fraction of sp³-hybridized carbons (Fsp3) is 0.467. The van der Waals surface area contributed by atoms with Crippen LogP contribution in [0.4, 0.5) is 4.79 Å². The lowest BCUT2D eigenvalue weighted by Gasteiger charge is -2.35. The molecule has 0 spiro atoms. The standard InChI is InChI=1S/C14H19NO2.CH2O3/c1-2-17-13(16)14(8-10-15-11-9-14)12-6-4-3-5-7-12;2-1(3)4/h3-7,15H,2,8-11H2,1H3;(H2,2,3,4). The average molecular weight is 295 g/mol. The van der Waals surface area contributed by atoms with Crippen molar-refractivity contribution in [3.63, 3.8) is 0 Å². The predicted molar refractivity (Wildman–Crippen MR) is 77.5 cm³/mol. The van der Waals surface area contributed by atoms with E-state index in [2.05, 4.69) is 5.32 Å². The minimum Gasteiger partial charge on any atom is -0.465 e. The highest BCUT2D eigenvalue weighted by Crippen LogP contribution is 2.34. The van der Waals surface area contributed by atoms with Gasteiger partial charge in [-0.05, 0) is 38.4 Å². The molecule has 1 aromatic rings. The van der Waals surface area contributed by atoms with Gasteiger partial charge in [0.25, 0.3) is 0 Å². The zero-order valence-electron chi connectivity index (χ0n) is 12.0. The molecule has 0 atom stereocenters. The van der Waals surface area contributed by atoms with Crippen LogP contribution in [0.25, 0.3) is 0 Å². The summed E-state index contributed by atoms with van der Waals surface area (Å²) in [7, 11) is 0. The third-order valence-electron chi connectivity index (χ3n) is 3.45. The topological polar surface area (TPSA) is 95.9 Å². The largest absolute Gasteiger partial charge is 0.503 e. The SMILES string of the molecule is CCOC(=O)C1(c2ccccc2)CCNCC1.O=C(O)O. The molecule has 1 aromatic carbocycles. The lowest BCUT2D eigenvalue weighted by Crippen LogP contribution is -2.46. The minimum atomic E-state index is -1.83. The van der Waals surface area contributed by atoms with Crippen LogP contribution in [0.5, 0.6) is 0 Å². The van der Waals surface area contributed by atoms with Gasteiger partial charge < -0.3 is 20.3 Å². The van der Waals surface area contributed by atoms with Gasteiger partial charge in [0.15, 0.2) is 0 Å². The summed E-state index contributed by atoms with van der Waals surface area (Å²) in [5.41, 5.74) is 0.641. The molecule has 1 heterocycles. The van der Waals surface area contributed by atoms with Gasteiger partial charge in [-0.1, -0.05) is 30.3 Å². The normalized spacial score (nSPS) is 16.2. The number of carbonyl (C=O) groups is 2. The number of hydrogen-bond acceptors (Lipinski definition) is 4. The first-order valence-corrected chi connectivity index (χ1v) is 6.88. The van der Waals surface area contributed by atoms with Gasteiger partial charge in [0, 0.05) is 0 Å². The van der Waals surface area contributed by atoms with E-state index < -0.39 is 11.6 Å². The van der Waals surface area contributed by atoms with Crippen LogP contribution >= 0.6 is 0 Å². The predicted octanol–water partition coefficient (Wildman–Crippen LogP) is 2.09. The molecule has 116 valence electrons. The summed E-state index contributed by atoms with van der Waals surface area (Å²) in [4.78, 5) is 20.8. The van der Waals surface area contributed by atoms with Gasteiger partial charge in [-0.25, -0.2) is 4.79 Å². The van der Waals surface area contributed by atoms with E-state index in [1.165, 1.54) is 0 Å². The van der Waals surface area contributed by atoms with Gasteiger partial charge in [-0.2, -0.15) is 0 Å². The smallest absolute Gasteiger partial charge is 0.465 e. The van der Waals surface area contributed by atoms with E-state index >= 15 is 0 Å². The monoisotopic (exact) mass is 295 g/mol. The van der Waals surface area contributed by atoms with Gasteiger partial charge in [-0.3, -0.25) is 4.79 Å². The quantitative estimate of drug-likeness (QED) is 0.739. The Kier molecular flexibility index (Phi) is 6.68. The fourth-order valence-corrected chi connectivity index (χ4v) is 2.49. The number of piperidine rings is 1. The van der Waals surface area contributed by atoms with Gasteiger partial charge in [0.2, 0.25) is 0 Å². The van der Waals surface area contributed by atoms with E-state index in [9.17, 15) is 4.79 Å². The molecule has 1 fully saturated rings. The van der Waals surface area contributed by atoms with E-state index in [-0.39, 0.29) is 5.97 Å². The molecule has 3 N–H and O–H groups in total. The van der Waals surface area contributed by atoms with E-state index in [4.69, 9.17) is 19.7 Å². The van der Waals surface area contributed by atoms with Crippen LogP contribution in [0.1, 0.15) is 25.3 Å². The van der Waals surface area contributed by atoms with Crippen molar-refractivity contribution >= 4 is 12.1 Å². The van der Waals surface area contributed by atoms with Gasteiger partial charge in [0.1, 0.15) is 0 Å². The Bertz CT molecular complexity index is 450. The summed E-state index contributed by atoms with van der Waals surface area (Å²) in [6, 6.07) is 10.0. The van der Waals surface area contributed by atoms with Gasteiger partial charge in [-0.15, -0.1) is 0 Å². The molecule has 0 amide bonds. The first-order valence-electron chi connectivity index (χ1n) is 6.88. The molecule has 6 heteroatoms. The van der Waals surface area contributed by atoms with Crippen LogP contribution in [0, 0.1) is 0 Å². The van der Waals surface area contributed by atoms with Crippen molar-refractivity contribution in [3.05, 3.63) is 35.9 Å². The number of benzene rings is 1. The van der Waals surface area contributed by atoms with Crippen LogP contribution in [0.2, 0.25) is 0 Å². The third-order valence-corrected chi connectivity index (χ3v) is 3.45. The van der Waals surface area contributed by atoms with E-state index in [1.807, 2.05) is 37.3 Å². The van der Waals surface area contributed by atoms with E-state index in [1.54, 1.807) is 0 Å². The van der Waals surface area contributed by atoms with Crippen molar-refractivity contribution in [3.8, 4) is 0 Å². The molecular formula is C15H21NO5. The highest BCUT2D eigenvalue weighted by atomic mass is 16.6. The molecule has 1 aliphatic heterocycles. The first-order chi connectivity index (χ1) is 10.0. The Morgan fingerprint density at radius 2 is 1.71 bits per heavy atom. The maximum Gasteiger partial charge on any atom is 0.503 e. The molecule has 0 bridgehead atoms. The highest BCUT2D eigenvalue weighted by molar-refractivity contribution is 5.83. The highest BCUT2D eigenvalue weighted by Gasteiger charge is 2.42. The van der Waals surface area contributed by atoms with Crippen molar-refractivity contribution in [2.24, 2.45) is 0 Å². The van der Waals surface area contributed by atoms with Crippen LogP contribution in [-0.2, 0) is 14.9 Å². The summed E-state index contributed by atoms with van der Waals surface area (Å²) in [6.45, 7) is 4.04. The molecule has 6 nitrogen and oxygen atoms in total. The molecule has 2 rings (SSSR count). The summed E-state index contributed by atoms with van der Waals surface area (Å²) in [5, 5.41) is 17.2. The Morgan fingerprint density at radius 1 is 1.19 bits per heavy atom. The molecule has 0 radical (unpaired) electrons. The number of rotatable bonds is 3. The van der Waals surface area contributed by atoms with Crippen LogP contribution in [0.3, 0.4) is 0 Å². The van der Waals surface area contributed by atoms with Gasteiger partial charge >= 0.3 is 12.1 Å². The molecule has 21 heavy (non-hydrogen) atoms. The van der Waals surface area contributed by atoms with E-state index in [0.29, 0.717) is 6.61 Å². The second-order valence-electron chi connectivity index (χ2n) is 4.70. The minimum absolute atomic E-state index is 0.0762. The second kappa shape index (κ2) is 8.26. The lowest BCUT2D eigenvalue weighted by molar-refractivity contribution is -0.151. The Balaban J connectivity index is 0.000000491. The Morgan fingerprint density at radius 3 is 2.19 bits per heavy atom. The Hall–Kier alpha value is -2.08. The fourth-order valence-electron chi connectivity index (χ4n) is 2.49. The average Bonchev–Trinajstić information content (AvgIpc) is 2.48. The van der Waals surface area contributed by atoms with Crippen molar-refractivity contribution in [2.45, 2.75) is 25.2 Å². The third kappa shape index (κ3) is 4.75. The molecule has 0 aliphatic carbocycles. The number of esters is 1. The van der Waals surface area contributed by atoms with Crippen molar-refractivity contribution in [1.82, 2.24) is 5.32 Å². The van der Waals surface area contributed by atoms with Crippen molar-refractivity contribution in [2.75, 3.05) is 19.7 Å². The van der Waals surface area contributed by atoms with Crippen LogP contribution in [-0.4, -0.2) is 42.0 Å². The van der Waals surface area contributed by atoms with Gasteiger partial charge in [0.05, 0.1) is 12.0 Å². The number of nitrogens with one attached hydrogen (secondary N) is 1. The van der Waals surface area contributed by atoms with Crippen molar-refractivity contribution in [1.29, 1.82) is 0 Å². The summed E-state index contributed by atoms with van der Waals surface area (Å²) >= 11 is 0. The zero-order valence-corrected chi connectivity index (χ0v) is 12.0. The molecule has 1 aliphatic rings. The maximum absolute atomic E-state index is 12.3. The number of carbonyl (C=O) groups excluding carboxylic acids is 1. The second-order valence-corrected chi connectivity index (χ2v) is 4.70. The van der Waals surface area contributed by atoms with E-state index in [0.717, 1.165) is 31.5 Å². The number of ether oxygens (including phenoxy) is 1. The summed E-state index contributed by atoms with van der Waals surface area (Å²) in [5.74, 6) is -0.0762. The zero-order chi connectivity index (χ0) is 15.7. The number of hydrogen-bond donors (Lipinski definition) is 3. The molecule has 0 aromatic heterocycles. The van der Waals surface area contributed by atoms with Crippen molar-refractivity contribution < 1.29 is 24.5 Å². The molecule has 0 unspecified atom stereocenters. The maximum atomic E-state index is 12.3. The lowest BCUT2D eigenvalue weighted by atomic mass is 9.73. The van der Waals surface area contributed by atoms with Crippen LogP contribution < -0.4 is 5.32 Å². The summed E-state index contributed by atoms with van der Waals surface area (Å²) in [6.07, 6.45) is -0.203. The molecular weight excluding hydrogens is 274 g/mol. The molecule has 0 saturated carbocycles. The first kappa shape index (κ1) is 17.0. The van der Waals surface area contributed by atoms with Crippen LogP contribution in [0.15, 0.2) is 30.3 Å². The summed E-state index contributed by atoms with van der Waals surface area (Å²) < 4.78 is 5.27. The Labute approximate surface area is 123 Å².